The lowest BCUT2D eigenvalue weighted by atomic mass is 10.0. The Hall–Kier alpha value is -1.68. The van der Waals surface area contributed by atoms with Crippen molar-refractivity contribution in [2.75, 3.05) is 6.54 Å². The van der Waals surface area contributed by atoms with Gasteiger partial charge in [-0.2, -0.15) is 5.10 Å². The van der Waals surface area contributed by atoms with E-state index in [2.05, 4.69) is 15.5 Å². The molecular weight excluding hydrogens is 229 g/mol. The SMILES string of the molecule is Fc1cccc(-c2cn[nH]c2CC2CCCN2)c1. The van der Waals surface area contributed by atoms with Gasteiger partial charge in [-0.3, -0.25) is 5.10 Å². The second-order valence-corrected chi connectivity index (χ2v) is 4.77. The second kappa shape index (κ2) is 4.90. The number of benzene rings is 1. The van der Waals surface area contributed by atoms with E-state index in [9.17, 15) is 4.39 Å². The van der Waals surface area contributed by atoms with Crippen LogP contribution in [0.2, 0.25) is 0 Å². The topological polar surface area (TPSA) is 40.7 Å². The summed E-state index contributed by atoms with van der Waals surface area (Å²) in [6.45, 7) is 1.09. The van der Waals surface area contributed by atoms with Crippen LogP contribution in [0.5, 0.6) is 0 Å². The number of nitrogens with zero attached hydrogens (tertiary/aromatic N) is 1. The van der Waals surface area contributed by atoms with Crippen molar-refractivity contribution in [3.63, 3.8) is 0 Å². The Morgan fingerprint density at radius 2 is 2.33 bits per heavy atom. The average Bonchev–Trinajstić information content (AvgIpc) is 3.01. The first-order valence-electron chi connectivity index (χ1n) is 6.34. The summed E-state index contributed by atoms with van der Waals surface area (Å²) in [7, 11) is 0. The molecule has 1 aromatic carbocycles. The Balaban J connectivity index is 1.86. The number of aromatic nitrogens is 2. The molecule has 2 aromatic rings. The number of aromatic amines is 1. The van der Waals surface area contributed by atoms with Crippen molar-refractivity contribution in [3.8, 4) is 11.1 Å². The Bertz CT molecular complexity index is 529. The fourth-order valence-electron chi connectivity index (χ4n) is 2.55. The van der Waals surface area contributed by atoms with E-state index in [0.717, 1.165) is 29.8 Å². The molecule has 18 heavy (non-hydrogen) atoms. The van der Waals surface area contributed by atoms with Crippen molar-refractivity contribution in [3.05, 3.63) is 42.0 Å². The maximum Gasteiger partial charge on any atom is 0.123 e. The van der Waals surface area contributed by atoms with E-state index in [1.807, 2.05) is 6.07 Å². The molecule has 2 N–H and O–H groups in total. The van der Waals surface area contributed by atoms with Crippen LogP contribution >= 0.6 is 0 Å². The zero-order chi connectivity index (χ0) is 12.4. The van der Waals surface area contributed by atoms with Crippen LogP contribution in [0.4, 0.5) is 4.39 Å². The average molecular weight is 245 g/mol. The lowest BCUT2D eigenvalue weighted by molar-refractivity contribution is 0.594. The summed E-state index contributed by atoms with van der Waals surface area (Å²) in [5, 5.41) is 10.6. The molecule has 3 nitrogen and oxygen atoms in total. The first-order chi connectivity index (χ1) is 8.83. The van der Waals surface area contributed by atoms with Crippen molar-refractivity contribution in [2.24, 2.45) is 0 Å². The minimum absolute atomic E-state index is 0.210. The van der Waals surface area contributed by atoms with Gasteiger partial charge in [-0.1, -0.05) is 12.1 Å². The van der Waals surface area contributed by atoms with Crippen molar-refractivity contribution in [1.82, 2.24) is 15.5 Å². The molecule has 0 saturated carbocycles. The molecule has 0 spiro atoms. The van der Waals surface area contributed by atoms with Gasteiger partial charge in [-0.25, -0.2) is 4.39 Å². The molecule has 3 rings (SSSR count). The van der Waals surface area contributed by atoms with E-state index in [1.54, 1.807) is 18.3 Å². The van der Waals surface area contributed by atoms with Gasteiger partial charge in [0.25, 0.3) is 0 Å². The standard InChI is InChI=1S/C14H16FN3/c15-11-4-1-3-10(7-11)13-9-17-18-14(13)8-12-5-2-6-16-12/h1,3-4,7,9,12,16H,2,5-6,8H2,(H,17,18). The van der Waals surface area contributed by atoms with Gasteiger partial charge in [-0.05, 0) is 37.1 Å². The van der Waals surface area contributed by atoms with E-state index < -0.39 is 0 Å². The summed E-state index contributed by atoms with van der Waals surface area (Å²) in [4.78, 5) is 0. The molecule has 1 atom stereocenters. The van der Waals surface area contributed by atoms with E-state index in [0.29, 0.717) is 6.04 Å². The predicted molar refractivity (Wildman–Crippen MR) is 68.7 cm³/mol. The van der Waals surface area contributed by atoms with Crippen LogP contribution < -0.4 is 5.32 Å². The normalized spacial score (nSPS) is 19.3. The maximum absolute atomic E-state index is 13.3. The minimum Gasteiger partial charge on any atom is -0.314 e. The van der Waals surface area contributed by atoms with Crippen LogP contribution in [0.15, 0.2) is 30.5 Å². The molecule has 4 heteroatoms. The number of H-pyrrole nitrogens is 1. The number of rotatable bonds is 3. The molecular formula is C14H16FN3. The molecule has 0 bridgehead atoms. The van der Waals surface area contributed by atoms with Crippen LogP contribution in [-0.4, -0.2) is 22.8 Å². The van der Waals surface area contributed by atoms with Crippen LogP contribution in [0.1, 0.15) is 18.5 Å². The van der Waals surface area contributed by atoms with Gasteiger partial charge in [0, 0.05) is 23.7 Å². The molecule has 0 radical (unpaired) electrons. The third-order valence-corrected chi connectivity index (χ3v) is 3.47. The molecule has 0 aliphatic carbocycles. The summed E-state index contributed by atoms with van der Waals surface area (Å²) in [6.07, 6.45) is 5.13. The number of nitrogens with one attached hydrogen (secondary N) is 2. The highest BCUT2D eigenvalue weighted by Gasteiger charge is 2.17. The molecule has 94 valence electrons. The smallest absolute Gasteiger partial charge is 0.123 e. The highest BCUT2D eigenvalue weighted by molar-refractivity contribution is 5.65. The summed E-state index contributed by atoms with van der Waals surface area (Å²) in [5.41, 5.74) is 2.97. The first-order valence-corrected chi connectivity index (χ1v) is 6.34. The quantitative estimate of drug-likeness (QED) is 0.872. The summed E-state index contributed by atoms with van der Waals surface area (Å²) < 4.78 is 13.3. The monoisotopic (exact) mass is 245 g/mol. The number of halogens is 1. The van der Waals surface area contributed by atoms with E-state index in [-0.39, 0.29) is 5.82 Å². The summed E-state index contributed by atoms with van der Waals surface area (Å²) in [6, 6.07) is 7.17. The zero-order valence-electron chi connectivity index (χ0n) is 10.1. The van der Waals surface area contributed by atoms with Crippen LogP contribution in [0.3, 0.4) is 0 Å². The summed E-state index contributed by atoms with van der Waals surface area (Å²) in [5.74, 6) is -0.210. The molecule has 1 aliphatic rings. The molecule has 1 saturated heterocycles. The van der Waals surface area contributed by atoms with Gasteiger partial charge < -0.3 is 5.32 Å². The minimum atomic E-state index is -0.210. The van der Waals surface area contributed by atoms with Crippen molar-refractivity contribution in [1.29, 1.82) is 0 Å². The fraction of sp³-hybridized carbons (Fsp3) is 0.357. The van der Waals surface area contributed by atoms with Gasteiger partial charge in [-0.15, -0.1) is 0 Å². The van der Waals surface area contributed by atoms with E-state index in [1.165, 1.54) is 18.9 Å². The predicted octanol–water partition coefficient (Wildman–Crippen LogP) is 2.51. The highest BCUT2D eigenvalue weighted by Crippen LogP contribution is 2.24. The van der Waals surface area contributed by atoms with Crippen LogP contribution in [-0.2, 0) is 6.42 Å². The van der Waals surface area contributed by atoms with Gasteiger partial charge in [0.05, 0.1) is 6.20 Å². The molecule has 1 aliphatic heterocycles. The Morgan fingerprint density at radius 3 is 3.11 bits per heavy atom. The third-order valence-electron chi connectivity index (χ3n) is 3.47. The lowest BCUT2D eigenvalue weighted by Gasteiger charge is -2.10. The van der Waals surface area contributed by atoms with Gasteiger partial charge in [0.2, 0.25) is 0 Å². The first kappa shape index (κ1) is 11.4. The zero-order valence-corrected chi connectivity index (χ0v) is 10.1. The molecule has 0 amide bonds. The second-order valence-electron chi connectivity index (χ2n) is 4.77. The van der Waals surface area contributed by atoms with Gasteiger partial charge in [0.1, 0.15) is 5.82 Å². The van der Waals surface area contributed by atoms with Crippen molar-refractivity contribution < 1.29 is 4.39 Å². The Labute approximate surface area is 105 Å². The Morgan fingerprint density at radius 1 is 1.39 bits per heavy atom. The van der Waals surface area contributed by atoms with Crippen molar-refractivity contribution >= 4 is 0 Å². The van der Waals surface area contributed by atoms with Gasteiger partial charge >= 0.3 is 0 Å². The van der Waals surface area contributed by atoms with E-state index >= 15 is 0 Å². The van der Waals surface area contributed by atoms with E-state index in [4.69, 9.17) is 0 Å². The maximum atomic E-state index is 13.3. The van der Waals surface area contributed by atoms with Crippen LogP contribution in [0, 0.1) is 5.82 Å². The lowest BCUT2D eigenvalue weighted by Crippen LogP contribution is -2.24. The van der Waals surface area contributed by atoms with Gasteiger partial charge in [0.15, 0.2) is 0 Å². The molecule has 1 aromatic heterocycles. The molecule has 1 unspecified atom stereocenters. The highest BCUT2D eigenvalue weighted by atomic mass is 19.1. The largest absolute Gasteiger partial charge is 0.314 e. The molecule has 2 heterocycles. The fourth-order valence-corrected chi connectivity index (χ4v) is 2.55. The van der Waals surface area contributed by atoms with Crippen LogP contribution in [0.25, 0.3) is 11.1 Å². The number of hydrogen-bond acceptors (Lipinski definition) is 2. The van der Waals surface area contributed by atoms with Crippen molar-refractivity contribution in [2.45, 2.75) is 25.3 Å². The molecule has 1 fully saturated rings. The Kier molecular flexibility index (Phi) is 3.11. The number of hydrogen-bond donors (Lipinski definition) is 2. The summed E-state index contributed by atoms with van der Waals surface area (Å²) >= 11 is 0. The third kappa shape index (κ3) is 2.29.